The fourth-order valence-corrected chi connectivity index (χ4v) is 5.93. The number of tetrazole rings is 1. The van der Waals surface area contributed by atoms with E-state index in [9.17, 15) is 19.5 Å². The standard InChI is InChI=1S/C31H27ClFN7O4/c32-24-11-12-26(40-18-34-36-37-40)23(28(24)33)10-13-27(41)39-17-14-21-22(4-3-5-25(21)38-15-1-2-16-38)29(39)30(42)35-20-8-6-19(7-9-20)31(43)44/h3-13,18,29H,1-2,14-17H2,(H,35,42)(H,43,44)/b13-10+/t29-/m1/s1. The van der Waals surface area contributed by atoms with Gasteiger partial charge >= 0.3 is 5.97 Å². The maximum Gasteiger partial charge on any atom is 0.335 e. The maximum atomic E-state index is 15.2. The molecule has 1 fully saturated rings. The number of halogens is 2. The van der Waals surface area contributed by atoms with Gasteiger partial charge in [0.15, 0.2) is 5.82 Å². The van der Waals surface area contributed by atoms with Gasteiger partial charge in [0.05, 0.1) is 16.3 Å². The molecule has 0 unspecified atom stereocenters. The Bertz CT molecular complexity index is 1760. The summed E-state index contributed by atoms with van der Waals surface area (Å²) in [4.78, 5) is 42.7. The Morgan fingerprint density at radius 3 is 2.48 bits per heavy atom. The van der Waals surface area contributed by atoms with Crippen molar-refractivity contribution < 1.29 is 23.9 Å². The monoisotopic (exact) mass is 615 g/mol. The number of carbonyl (C=O) groups is 3. The zero-order chi connectivity index (χ0) is 30.8. The van der Waals surface area contributed by atoms with E-state index >= 15 is 4.39 Å². The van der Waals surface area contributed by atoms with Gasteiger partial charge in [-0.3, -0.25) is 9.59 Å². The molecule has 1 saturated heterocycles. The van der Waals surface area contributed by atoms with Gasteiger partial charge in [0.1, 0.15) is 12.4 Å². The summed E-state index contributed by atoms with van der Waals surface area (Å²) < 4.78 is 16.4. The number of carboxylic acids is 1. The average molecular weight is 616 g/mol. The maximum absolute atomic E-state index is 15.2. The van der Waals surface area contributed by atoms with Crippen molar-refractivity contribution in [2.45, 2.75) is 25.3 Å². The van der Waals surface area contributed by atoms with Crippen LogP contribution in [0, 0.1) is 5.82 Å². The van der Waals surface area contributed by atoms with Crippen LogP contribution in [0.25, 0.3) is 11.8 Å². The fourth-order valence-electron chi connectivity index (χ4n) is 5.77. The summed E-state index contributed by atoms with van der Waals surface area (Å²) >= 11 is 6.05. The Hall–Kier alpha value is -5.10. The van der Waals surface area contributed by atoms with Crippen LogP contribution < -0.4 is 10.2 Å². The minimum Gasteiger partial charge on any atom is -0.478 e. The zero-order valence-corrected chi connectivity index (χ0v) is 24.1. The molecule has 4 aromatic rings. The Balaban J connectivity index is 1.35. The van der Waals surface area contributed by atoms with E-state index in [1.807, 2.05) is 18.2 Å². The highest BCUT2D eigenvalue weighted by Gasteiger charge is 2.37. The van der Waals surface area contributed by atoms with Crippen LogP contribution in [0.15, 0.2) is 67.0 Å². The fraction of sp³-hybridized carbons (Fsp3) is 0.226. The highest BCUT2D eigenvalue weighted by molar-refractivity contribution is 6.31. The van der Waals surface area contributed by atoms with E-state index < -0.39 is 29.6 Å². The number of anilines is 2. The Morgan fingerprint density at radius 2 is 1.77 bits per heavy atom. The van der Waals surface area contributed by atoms with E-state index in [0.29, 0.717) is 17.7 Å². The normalized spacial score (nSPS) is 16.3. The summed E-state index contributed by atoms with van der Waals surface area (Å²) in [7, 11) is 0. The van der Waals surface area contributed by atoms with E-state index in [4.69, 9.17) is 11.6 Å². The lowest BCUT2D eigenvalue weighted by molar-refractivity contribution is -0.135. The molecule has 2 aliphatic heterocycles. The molecule has 2 aliphatic rings. The molecule has 1 atom stereocenters. The number of carboxylic acid groups (broad SMARTS) is 1. The summed E-state index contributed by atoms with van der Waals surface area (Å²) in [5.41, 5.74) is 3.51. The zero-order valence-electron chi connectivity index (χ0n) is 23.4. The molecule has 2 amide bonds. The molecule has 1 aromatic heterocycles. The molecule has 0 saturated carbocycles. The van der Waals surface area contributed by atoms with Crippen molar-refractivity contribution in [3.05, 3.63) is 100 Å². The molecule has 0 aliphatic carbocycles. The third kappa shape index (κ3) is 5.63. The number of fused-ring (bicyclic) bond motifs is 1. The van der Waals surface area contributed by atoms with Crippen LogP contribution in [0.1, 0.15) is 45.9 Å². The van der Waals surface area contributed by atoms with E-state index in [-0.39, 0.29) is 28.4 Å². The molecule has 44 heavy (non-hydrogen) atoms. The van der Waals surface area contributed by atoms with Crippen molar-refractivity contribution in [2.75, 3.05) is 29.9 Å². The second kappa shape index (κ2) is 12.3. The molecule has 0 spiro atoms. The first-order valence-electron chi connectivity index (χ1n) is 14.0. The summed E-state index contributed by atoms with van der Waals surface area (Å²) in [6.45, 7) is 2.09. The minimum absolute atomic E-state index is 0.00593. The highest BCUT2D eigenvalue weighted by Crippen LogP contribution is 2.38. The lowest BCUT2D eigenvalue weighted by Gasteiger charge is -2.37. The van der Waals surface area contributed by atoms with E-state index in [0.717, 1.165) is 37.2 Å². The largest absolute Gasteiger partial charge is 0.478 e. The average Bonchev–Trinajstić information content (AvgIpc) is 3.76. The smallest absolute Gasteiger partial charge is 0.335 e. The lowest BCUT2D eigenvalue weighted by Crippen LogP contribution is -2.45. The van der Waals surface area contributed by atoms with Gasteiger partial charge < -0.3 is 20.2 Å². The van der Waals surface area contributed by atoms with Gasteiger partial charge in [-0.2, -0.15) is 4.68 Å². The molecule has 224 valence electrons. The number of carbonyl (C=O) groups excluding carboxylic acids is 2. The van der Waals surface area contributed by atoms with Gasteiger partial charge in [-0.05, 0) is 89.4 Å². The molecule has 6 rings (SSSR count). The molecule has 0 radical (unpaired) electrons. The van der Waals surface area contributed by atoms with Crippen LogP contribution in [0.3, 0.4) is 0 Å². The van der Waals surface area contributed by atoms with Crippen LogP contribution in [-0.2, 0) is 16.0 Å². The van der Waals surface area contributed by atoms with Gasteiger partial charge in [0.2, 0.25) is 5.91 Å². The summed E-state index contributed by atoms with van der Waals surface area (Å²) in [5.74, 6) is -2.80. The second-order valence-corrected chi connectivity index (χ2v) is 10.9. The van der Waals surface area contributed by atoms with Gasteiger partial charge in [0.25, 0.3) is 5.91 Å². The first-order valence-corrected chi connectivity index (χ1v) is 14.4. The molecule has 2 N–H and O–H groups in total. The lowest BCUT2D eigenvalue weighted by atomic mass is 9.90. The predicted molar refractivity (Wildman–Crippen MR) is 161 cm³/mol. The summed E-state index contributed by atoms with van der Waals surface area (Å²) in [6, 6.07) is 13.5. The third-order valence-electron chi connectivity index (χ3n) is 7.87. The van der Waals surface area contributed by atoms with Crippen LogP contribution in [-0.4, -0.2) is 67.6 Å². The molecular formula is C31H27ClFN7O4. The van der Waals surface area contributed by atoms with Crippen LogP contribution >= 0.6 is 11.6 Å². The number of benzene rings is 3. The number of aromatic nitrogens is 4. The number of hydrogen-bond donors (Lipinski definition) is 2. The highest BCUT2D eigenvalue weighted by atomic mass is 35.5. The van der Waals surface area contributed by atoms with Crippen LogP contribution in [0.5, 0.6) is 0 Å². The second-order valence-electron chi connectivity index (χ2n) is 10.5. The summed E-state index contributed by atoms with van der Waals surface area (Å²) in [6.07, 6.45) is 6.50. The number of hydrogen-bond acceptors (Lipinski definition) is 7. The van der Waals surface area contributed by atoms with Gasteiger partial charge in [-0.25, -0.2) is 9.18 Å². The van der Waals surface area contributed by atoms with Crippen molar-refractivity contribution in [3.63, 3.8) is 0 Å². The number of amides is 2. The number of rotatable bonds is 7. The minimum atomic E-state index is -1.08. The quantitative estimate of drug-likeness (QED) is 0.290. The van der Waals surface area contributed by atoms with Gasteiger partial charge in [-0.1, -0.05) is 23.7 Å². The van der Waals surface area contributed by atoms with Crippen molar-refractivity contribution in [2.24, 2.45) is 0 Å². The van der Waals surface area contributed by atoms with E-state index in [2.05, 4.69) is 25.7 Å². The molecule has 11 nitrogen and oxygen atoms in total. The van der Waals surface area contributed by atoms with Crippen molar-refractivity contribution in [1.29, 1.82) is 0 Å². The first-order chi connectivity index (χ1) is 21.3. The molecule has 3 aromatic carbocycles. The van der Waals surface area contributed by atoms with Crippen LogP contribution in [0.2, 0.25) is 5.02 Å². The van der Waals surface area contributed by atoms with Crippen LogP contribution in [0.4, 0.5) is 15.8 Å². The van der Waals surface area contributed by atoms with Gasteiger partial charge in [-0.15, -0.1) is 5.10 Å². The Kier molecular flexibility index (Phi) is 8.07. The number of nitrogens with zero attached hydrogens (tertiary/aromatic N) is 6. The topological polar surface area (TPSA) is 134 Å². The Labute approximate surface area is 256 Å². The number of nitrogens with one attached hydrogen (secondary N) is 1. The van der Waals surface area contributed by atoms with E-state index in [1.54, 1.807) is 0 Å². The third-order valence-corrected chi connectivity index (χ3v) is 8.16. The predicted octanol–water partition coefficient (Wildman–Crippen LogP) is 4.53. The molecular weight excluding hydrogens is 589 g/mol. The van der Waals surface area contributed by atoms with Crippen molar-refractivity contribution in [1.82, 2.24) is 25.1 Å². The summed E-state index contributed by atoms with van der Waals surface area (Å²) in [5, 5.41) is 22.9. The van der Waals surface area contributed by atoms with E-state index in [1.165, 1.54) is 64.5 Å². The molecule has 0 bridgehead atoms. The molecule has 3 heterocycles. The van der Waals surface area contributed by atoms with Gasteiger partial charge in [0, 0.05) is 42.6 Å². The Morgan fingerprint density at radius 1 is 1.00 bits per heavy atom. The van der Waals surface area contributed by atoms with Crippen molar-refractivity contribution >= 4 is 46.8 Å². The number of aromatic carboxylic acids is 1. The first kappa shape index (κ1) is 29.0. The SMILES string of the molecule is O=C(O)c1ccc(NC(=O)[C@H]2c3cccc(N4CCCC4)c3CCN2C(=O)/C=C/c2c(-n3cnnn3)ccc(Cl)c2F)cc1. The molecule has 13 heteroatoms. The van der Waals surface area contributed by atoms with Crippen molar-refractivity contribution in [3.8, 4) is 5.69 Å².